The Balaban J connectivity index is 1.56. The number of aliphatic imine (C=N–C) groups is 1. The maximum atomic E-state index is 5.55. The summed E-state index contributed by atoms with van der Waals surface area (Å²) in [4.78, 5) is 7.00. The summed E-state index contributed by atoms with van der Waals surface area (Å²) in [6.07, 6.45) is 3.03. The molecule has 0 bridgehead atoms. The van der Waals surface area contributed by atoms with Gasteiger partial charge in [0.25, 0.3) is 0 Å². The molecule has 0 amide bonds. The van der Waals surface area contributed by atoms with Gasteiger partial charge >= 0.3 is 0 Å². The first kappa shape index (κ1) is 17.7. The average Bonchev–Trinajstić information content (AvgIpc) is 3.30. The Hall–Kier alpha value is -2.67. The van der Waals surface area contributed by atoms with E-state index in [-0.39, 0.29) is 6.04 Å². The van der Waals surface area contributed by atoms with Crippen LogP contribution in [-0.4, -0.2) is 46.1 Å². The lowest BCUT2D eigenvalue weighted by Gasteiger charge is -2.34. The van der Waals surface area contributed by atoms with Gasteiger partial charge in [0.2, 0.25) is 0 Å². The molecule has 2 aliphatic heterocycles. The quantitative estimate of drug-likeness (QED) is 0.813. The lowest BCUT2D eigenvalue weighted by Crippen LogP contribution is -2.37. The molecule has 2 aliphatic rings. The highest BCUT2D eigenvalue weighted by atomic mass is 16.5. The van der Waals surface area contributed by atoms with Crippen LogP contribution in [0.25, 0.3) is 5.70 Å². The van der Waals surface area contributed by atoms with Crippen LogP contribution in [0.5, 0.6) is 11.5 Å². The summed E-state index contributed by atoms with van der Waals surface area (Å²) < 4.78 is 13.1. The first-order valence-electron chi connectivity index (χ1n) is 9.23. The van der Waals surface area contributed by atoms with Crippen molar-refractivity contribution >= 4 is 11.4 Å². The molecule has 0 saturated carbocycles. The number of methoxy groups -OCH3 is 2. The summed E-state index contributed by atoms with van der Waals surface area (Å²) in [6, 6.07) is 6.13. The molecular weight excluding hydrogens is 342 g/mol. The fourth-order valence-electron chi connectivity index (χ4n) is 3.72. The fraction of sp³-hybridized carbons (Fsp3) is 0.450. The number of hydrogen-bond acceptors (Lipinski definition) is 6. The van der Waals surface area contributed by atoms with Crippen LogP contribution in [0.2, 0.25) is 0 Å². The Morgan fingerprint density at radius 3 is 2.70 bits per heavy atom. The van der Waals surface area contributed by atoms with E-state index < -0.39 is 0 Å². The molecule has 2 aromatic rings. The van der Waals surface area contributed by atoms with E-state index in [0.717, 1.165) is 66.2 Å². The lowest BCUT2D eigenvalue weighted by molar-refractivity contribution is 0.154. The van der Waals surface area contributed by atoms with Crippen LogP contribution < -0.4 is 9.47 Å². The molecule has 7 heteroatoms. The van der Waals surface area contributed by atoms with Crippen molar-refractivity contribution in [2.45, 2.75) is 39.4 Å². The van der Waals surface area contributed by atoms with Crippen molar-refractivity contribution in [3.63, 3.8) is 0 Å². The molecule has 0 saturated heterocycles. The van der Waals surface area contributed by atoms with Crippen LogP contribution in [0.4, 0.5) is 0 Å². The van der Waals surface area contributed by atoms with Gasteiger partial charge in [-0.05, 0) is 26.0 Å². The normalized spacial score (nSPS) is 19.5. The number of hydrogen-bond donors (Lipinski definition) is 0. The Bertz CT molecular complexity index is 915. The molecule has 1 atom stereocenters. The number of rotatable bonds is 5. The number of aromatic nitrogens is 3. The van der Waals surface area contributed by atoms with Crippen LogP contribution in [0, 0.1) is 0 Å². The van der Waals surface area contributed by atoms with E-state index >= 15 is 0 Å². The van der Waals surface area contributed by atoms with Gasteiger partial charge in [-0.1, -0.05) is 6.07 Å². The molecule has 0 fully saturated rings. The standard InChI is InChI=1S/C20H25N5O2/c1-13-5-8-17(21-13)20-23-22-19-14(2)24(9-10-25(19)20)12-15-6-7-16(26-3)11-18(15)27-4/h6-8,11,14H,5,9-10,12H2,1-4H3/t14-/m1/s1. The van der Waals surface area contributed by atoms with E-state index in [2.05, 4.69) is 43.7 Å². The third kappa shape index (κ3) is 3.23. The van der Waals surface area contributed by atoms with Crippen LogP contribution in [0.15, 0.2) is 29.3 Å². The number of allylic oxidation sites excluding steroid dienone is 1. The third-order valence-corrected chi connectivity index (χ3v) is 5.31. The topological polar surface area (TPSA) is 64.8 Å². The summed E-state index contributed by atoms with van der Waals surface area (Å²) in [5.74, 6) is 3.52. The summed E-state index contributed by atoms with van der Waals surface area (Å²) in [6.45, 7) is 6.79. The second-order valence-electron chi connectivity index (χ2n) is 7.00. The zero-order chi connectivity index (χ0) is 19.0. The Kier molecular flexibility index (Phi) is 4.70. The minimum atomic E-state index is 0.166. The van der Waals surface area contributed by atoms with Gasteiger partial charge in [-0.15, -0.1) is 10.2 Å². The van der Waals surface area contributed by atoms with Crippen molar-refractivity contribution in [3.8, 4) is 11.5 Å². The van der Waals surface area contributed by atoms with E-state index in [1.807, 2.05) is 19.1 Å². The van der Waals surface area contributed by atoms with Crippen molar-refractivity contribution in [2.24, 2.45) is 4.99 Å². The van der Waals surface area contributed by atoms with Gasteiger partial charge in [0.05, 0.1) is 20.3 Å². The Morgan fingerprint density at radius 1 is 1.15 bits per heavy atom. The number of fused-ring (bicyclic) bond motifs is 1. The minimum Gasteiger partial charge on any atom is -0.497 e. The van der Waals surface area contributed by atoms with Gasteiger partial charge < -0.3 is 14.0 Å². The zero-order valence-corrected chi connectivity index (χ0v) is 16.3. The van der Waals surface area contributed by atoms with E-state index in [1.165, 1.54) is 0 Å². The van der Waals surface area contributed by atoms with Gasteiger partial charge in [-0.25, -0.2) is 0 Å². The molecule has 3 heterocycles. The summed E-state index contributed by atoms with van der Waals surface area (Å²) in [7, 11) is 3.36. The number of ether oxygens (including phenoxy) is 2. The third-order valence-electron chi connectivity index (χ3n) is 5.31. The Labute approximate surface area is 159 Å². The summed E-state index contributed by atoms with van der Waals surface area (Å²) in [5, 5.41) is 8.91. The molecule has 0 radical (unpaired) electrons. The van der Waals surface area contributed by atoms with Crippen molar-refractivity contribution < 1.29 is 9.47 Å². The summed E-state index contributed by atoms with van der Waals surface area (Å²) >= 11 is 0. The molecule has 0 spiro atoms. The largest absolute Gasteiger partial charge is 0.497 e. The highest BCUT2D eigenvalue weighted by molar-refractivity contribution is 5.93. The molecule has 1 aromatic heterocycles. The van der Waals surface area contributed by atoms with E-state index in [4.69, 9.17) is 9.47 Å². The van der Waals surface area contributed by atoms with Gasteiger partial charge in [0.1, 0.15) is 17.2 Å². The molecule has 4 rings (SSSR count). The molecule has 142 valence electrons. The number of nitrogens with zero attached hydrogens (tertiary/aromatic N) is 5. The van der Waals surface area contributed by atoms with Crippen molar-refractivity contribution in [2.75, 3.05) is 20.8 Å². The smallest absolute Gasteiger partial charge is 0.182 e. The molecule has 0 aliphatic carbocycles. The SMILES string of the molecule is COc1ccc(CN2CCn3c(C4=CCC(C)=N4)nnc3[C@H]2C)c(OC)c1. The Morgan fingerprint density at radius 2 is 2.00 bits per heavy atom. The molecule has 27 heavy (non-hydrogen) atoms. The fourth-order valence-corrected chi connectivity index (χ4v) is 3.72. The molecule has 7 nitrogen and oxygen atoms in total. The zero-order valence-electron chi connectivity index (χ0n) is 16.3. The lowest BCUT2D eigenvalue weighted by atomic mass is 10.1. The highest BCUT2D eigenvalue weighted by Crippen LogP contribution is 2.32. The van der Waals surface area contributed by atoms with Crippen molar-refractivity contribution in [1.29, 1.82) is 0 Å². The average molecular weight is 367 g/mol. The monoisotopic (exact) mass is 367 g/mol. The second-order valence-corrected chi connectivity index (χ2v) is 7.00. The highest BCUT2D eigenvalue weighted by Gasteiger charge is 2.30. The maximum absolute atomic E-state index is 5.55. The van der Waals surface area contributed by atoms with E-state index in [0.29, 0.717) is 0 Å². The first-order chi connectivity index (χ1) is 13.1. The van der Waals surface area contributed by atoms with Crippen LogP contribution in [0.3, 0.4) is 0 Å². The molecule has 1 aromatic carbocycles. The van der Waals surface area contributed by atoms with Crippen LogP contribution in [0.1, 0.15) is 43.5 Å². The van der Waals surface area contributed by atoms with E-state index in [9.17, 15) is 0 Å². The van der Waals surface area contributed by atoms with Gasteiger partial charge in [0, 0.05) is 43.4 Å². The van der Waals surface area contributed by atoms with Crippen molar-refractivity contribution in [3.05, 3.63) is 41.5 Å². The molecular formula is C20H25N5O2. The van der Waals surface area contributed by atoms with Gasteiger partial charge in [-0.3, -0.25) is 9.89 Å². The molecule has 0 unspecified atom stereocenters. The predicted octanol–water partition coefficient (Wildman–Crippen LogP) is 3.08. The van der Waals surface area contributed by atoms with Gasteiger partial charge in [-0.2, -0.15) is 0 Å². The minimum absolute atomic E-state index is 0.166. The van der Waals surface area contributed by atoms with Crippen LogP contribution in [-0.2, 0) is 13.1 Å². The predicted molar refractivity (Wildman–Crippen MR) is 104 cm³/mol. The van der Waals surface area contributed by atoms with Gasteiger partial charge in [0.15, 0.2) is 11.6 Å². The molecule has 0 N–H and O–H groups in total. The first-order valence-corrected chi connectivity index (χ1v) is 9.23. The van der Waals surface area contributed by atoms with E-state index in [1.54, 1.807) is 14.2 Å². The van der Waals surface area contributed by atoms with Crippen LogP contribution >= 0.6 is 0 Å². The second kappa shape index (κ2) is 7.15. The maximum Gasteiger partial charge on any atom is 0.182 e. The van der Waals surface area contributed by atoms with Crippen molar-refractivity contribution in [1.82, 2.24) is 19.7 Å². The summed E-state index contributed by atoms with van der Waals surface area (Å²) in [5.41, 5.74) is 3.21. The number of benzene rings is 1.